The summed E-state index contributed by atoms with van der Waals surface area (Å²) in [6.45, 7) is 12.0. The van der Waals surface area contributed by atoms with Crippen molar-refractivity contribution in [3.8, 4) is 0 Å². The van der Waals surface area contributed by atoms with Crippen LogP contribution in [-0.2, 0) is 0 Å². The lowest BCUT2D eigenvalue weighted by Crippen LogP contribution is -2.42. The molecule has 1 rings (SSSR count). The smallest absolute Gasteiger partial charge is 0.00679 e. The lowest BCUT2D eigenvalue weighted by molar-refractivity contribution is 0.161. The number of piperidine rings is 1. The van der Waals surface area contributed by atoms with E-state index in [-0.39, 0.29) is 0 Å². The van der Waals surface area contributed by atoms with Gasteiger partial charge in [0.2, 0.25) is 0 Å². The number of hydrogen-bond acceptors (Lipinski definition) is 2. The molecule has 1 heterocycles. The summed E-state index contributed by atoms with van der Waals surface area (Å²) in [5.74, 6) is 0.907. The van der Waals surface area contributed by atoms with E-state index in [0.717, 1.165) is 5.92 Å². The fraction of sp³-hybridized carbons (Fsp3) is 1.00. The minimum Gasteiger partial charge on any atom is -0.314 e. The van der Waals surface area contributed by atoms with E-state index < -0.39 is 0 Å². The van der Waals surface area contributed by atoms with E-state index in [4.69, 9.17) is 0 Å². The average molecular weight is 226 g/mol. The highest BCUT2D eigenvalue weighted by Crippen LogP contribution is 2.20. The van der Waals surface area contributed by atoms with Crippen LogP contribution in [0, 0.1) is 5.92 Å². The summed E-state index contributed by atoms with van der Waals surface area (Å²) in [6.07, 6.45) is 6.73. The molecule has 0 spiro atoms. The zero-order valence-electron chi connectivity index (χ0n) is 11.5. The van der Waals surface area contributed by atoms with Gasteiger partial charge in [0, 0.05) is 6.04 Å². The Morgan fingerprint density at radius 1 is 1.19 bits per heavy atom. The van der Waals surface area contributed by atoms with Crippen molar-refractivity contribution < 1.29 is 0 Å². The van der Waals surface area contributed by atoms with Crippen molar-refractivity contribution in [1.29, 1.82) is 0 Å². The minimum atomic E-state index is 0.716. The van der Waals surface area contributed by atoms with E-state index in [9.17, 15) is 0 Å². The Morgan fingerprint density at radius 3 is 2.44 bits per heavy atom. The highest BCUT2D eigenvalue weighted by Gasteiger charge is 2.22. The summed E-state index contributed by atoms with van der Waals surface area (Å²) in [5, 5.41) is 3.64. The summed E-state index contributed by atoms with van der Waals surface area (Å²) in [7, 11) is 0. The number of nitrogens with one attached hydrogen (secondary N) is 1. The maximum Gasteiger partial charge on any atom is 0.00679 e. The zero-order chi connectivity index (χ0) is 11.8. The molecular formula is C14H30N2. The van der Waals surface area contributed by atoms with Crippen molar-refractivity contribution in [2.24, 2.45) is 5.92 Å². The van der Waals surface area contributed by atoms with Gasteiger partial charge in [-0.15, -0.1) is 0 Å². The molecule has 0 saturated carbocycles. The first-order chi connectivity index (χ1) is 7.77. The van der Waals surface area contributed by atoms with E-state index >= 15 is 0 Å². The van der Waals surface area contributed by atoms with Crippen LogP contribution in [0.2, 0.25) is 0 Å². The molecule has 2 heteroatoms. The first-order valence-corrected chi connectivity index (χ1v) is 7.23. The molecule has 0 aromatic heterocycles. The first kappa shape index (κ1) is 14.0. The van der Waals surface area contributed by atoms with E-state index in [1.165, 1.54) is 58.3 Å². The molecule has 2 nitrogen and oxygen atoms in total. The van der Waals surface area contributed by atoms with Crippen molar-refractivity contribution in [2.45, 2.75) is 58.9 Å². The van der Waals surface area contributed by atoms with Crippen LogP contribution in [0.25, 0.3) is 0 Å². The van der Waals surface area contributed by atoms with Crippen LogP contribution in [-0.4, -0.2) is 37.1 Å². The second-order valence-electron chi connectivity index (χ2n) is 5.28. The summed E-state index contributed by atoms with van der Waals surface area (Å²) >= 11 is 0. The van der Waals surface area contributed by atoms with Crippen LogP contribution in [0.15, 0.2) is 0 Å². The standard InChI is InChI=1S/C14H30N2/c1-4-6-10-16-11-7-14(8-12-16)13(3)15-9-5-2/h13-15H,4-12H2,1-3H3. The third-order valence-corrected chi connectivity index (χ3v) is 3.88. The maximum absolute atomic E-state index is 3.64. The van der Waals surface area contributed by atoms with Crippen LogP contribution in [0.3, 0.4) is 0 Å². The topological polar surface area (TPSA) is 15.3 Å². The van der Waals surface area contributed by atoms with Crippen molar-refractivity contribution in [3.63, 3.8) is 0 Å². The van der Waals surface area contributed by atoms with Gasteiger partial charge >= 0.3 is 0 Å². The molecule has 16 heavy (non-hydrogen) atoms. The summed E-state index contributed by atoms with van der Waals surface area (Å²) < 4.78 is 0. The van der Waals surface area contributed by atoms with Crippen LogP contribution >= 0.6 is 0 Å². The van der Waals surface area contributed by atoms with Crippen LogP contribution in [0.5, 0.6) is 0 Å². The number of unbranched alkanes of at least 4 members (excludes halogenated alkanes) is 1. The van der Waals surface area contributed by atoms with Gasteiger partial charge in [-0.3, -0.25) is 0 Å². The van der Waals surface area contributed by atoms with Gasteiger partial charge in [0.15, 0.2) is 0 Å². The number of likely N-dealkylation sites (tertiary alicyclic amines) is 1. The quantitative estimate of drug-likeness (QED) is 0.718. The summed E-state index contributed by atoms with van der Waals surface area (Å²) in [4.78, 5) is 2.65. The number of rotatable bonds is 7. The molecule has 1 aliphatic heterocycles. The molecule has 1 N–H and O–H groups in total. The number of hydrogen-bond donors (Lipinski definition) is 1. The lowest BCUT2D eigenvalue weighted by Gasteiger charge is -2.35. The van der Waals surface area contributed by atoms with Gasteiger partial charge in [-0.05, 0) is 64.7 Å². The molecule has 0 aromatic rings. The molecule has 1 saturated heterocycles. The Hall–Kier alpha value is -0.0800. The highest BCUT2D eigenvalue weighted by molar-refractivity contribution is 4.79. The van der Waals surface area contributed by atoms with Crippen LogP contribution in [0.1, 0.15) is 52.9 Å². The predicted molar refractivity (Wildman–Crippen MR) is 71.8 cm³/mol. The molecule has 1 atom stereocenters. The van der Waals surface area contributed by atoms with Gasteiger partial charge in [0.1, 0.15) is 0 Å². The van der Waals surface area contributed by atoms with Gasteiger partial charge in [0.05, 0.1) is 0 Å². The maximum atomic E-state index is 3.64. The Labute approximate surface area is 102 Å². The summed E-state index contributed by atoms with van der Waals surface area (Å²) in [6, 6.07) is 0.716. The molecule has 0 bridgehead atoms. The van der Waals surface area contributed by atoms with Crippen LogP contribution < -0.4 is 5.32 Å². The molecule has 96 valence electrons. The highest BCUT2D eigenvalue weighted by atomic mass is 15.1. The fourth-order valence-electron chi connectivity index (χ4n) is 2.60. The molecular weight excluding hydrogens is 196 g/mol. The normalized spacial score (nSPS) is 21.2. The molecule has 1 aliphatic rings. The van der Waals surface area contributed by atoms with Crippen molar-refractivity contribution >= 4 is 0 Å². The largest absolute Gasteiger partial charge is 0.314 e. The number of nitrogens with zero attached hydrogens (tertiary/aromatic N) is 1. The first-order valence-electron chi connectivity index (χ1n) is 7.23. The third-order valence-electron chi connectivity index (χ3n) is 3.88. The monoisotopic (exact) mass is 226 g/mol. The zero-order valence-corrected chi connectivity index (χ0v) is 11.5. The van der Waals surface area contributed by atoms with Crippen molar-refractivity contribution in [2.75, 3.05) is 26.2 Å². The Balaban J connectivity index is 2.15. The third kappa shape index (κ3) is 4.84. The Morgan fingerprint density at radius 2 is 1.88 bits per heavy atom. The molecule has 1 unspecified atom stereocenters. The molecule has 0 amide bonds. The lowest BCUT2D eigenvalue weighted by atomic mass is 9.90. The average Bonchev–Trinajstić information content (AvgIpc) is 2.34. The van der Waals surface area contributed by atoms with Crippen molar-refractivity contribution in [3.05, 3.63) is 0 Å². The van der Waals surface area contributed by atoms with Crippen molar-refractivity contribution in [1.82, 2.24) is 10.2 Å². The van der Waals surface area contributed by atoms with E-state index in [2.05, 4.69) is 31.0 Å². The minimum absolute atomic E-state index is 0.716. The van der Waals surface area contributed by atoms with Gasteiger partial charge in [-0.1, -0.05) is 20.3 Å². The van der Waals surface area contributed by atoms with Gasteiger partial charge < -0.3 is 10.2 Å². The summed E-state index contributed by atoms with van der Waals surface area (Å²) in [5.41, 5.74) is 0. The fourth-order valence-corrected chi connectivity index (χ4v) is 2.60. The molecule has 0 aliphatic carbocycles. The second-order valence-corrected chi connectivity index (χ2v) is 5.28. The van der Waals surface area contributed by atoms with Crippen LogP contribution in [0.4, 0.5) is 0 Å². The van der Waals surface area contributed by atoms with E-state index in [1.807, 2.05) is 0 Å². The molecule has 0 aromatic carbocycles. The van der Waals surface area contributed by atoms with Gasteiger partial charge in [-0.25, -0.2) is 0 Å². The predicted octanol–water partition coefficient (Wildman–Crippen LogP) is 2.89. The second kappa shape index (κ2) is 8.08. The van der Waals surface area contributed by atoms with E-state index in [1.54, 1.807) is 0 Å². The molecule has 0 radical (unpaired) electrons. The van der Waals surface area contributed by atoms with E-state index in [0.29, 0.717) is 6.04 Å². The van der Waals surface area contributed by atoms with Gasteiger partial charge in [-0.2, -0.15) is 0 Å². The Bertz CT molecular complexity index is 162. The van der Waals surface area contributed by atoms with Gasteiger partial charge in [0.25, 0.3) is 0 Å². The SMILES string of the molecule is CCCCN1CCC(C(C)NCCC)CC1. The molecule has 1 fully saturated rings. The Kier molecular flexibility index (Phi) is 7.06.